The Balaban J connectivity index is 1.81. The smallest absolute Gasteiger partial charge is 0.311 e. The summed E-state index contributed by atoms with van der Waals surface area (Å²) in [5.41, 5.74) is 0.927. The molecule has 0 bridgehead atoms. The number of carbonyl (C=O) groups is 2. The van der Waals surface area contributed by atoms with E-state index in [4.69, 9.17) is 4.74 Å². The summed E-state index contributed by atoms with van der Waals surface area (Å²) in [6.07, 6.45) is -1.26. The van der Waals surface area contributed by atoms with E-state index < -0.39 is 23.8 Å². The van der Waals surface area contributed by atoms with Gasteiger partial charge in [0.2, 0.25) is 0 Å². The van der Waals surface area contributed by atoms with Crippen molar-refractivity contribution in [1.29, 1.82) is 0 Å². The Kier molecular flexibility index (Phi) is 6.01. The largest absolute Gasteiger partial charge is 0.452 e. The molecule has 0 heterocycles. The van der Waals surface area contributed by atoms with Crippen LogP contribution in [0, 0.1) is 11.6 Å². The van der Waals surface area contributed by atoms with Crippen molar-refractivity contribution in [2.45, 2.75) is 26.0 Å². The molecular formula is C18H17F2NO3. The van der Waals surface area contributed by atoms with Crippen molar-refractivity contribution < 1.29 is 23.1 Å². The van der Waals surface area contributed by atoms with Gasteiger partial charge in [-0.2, -0.15) is 0 Å². The molecule has 2 aromatic carbocycles. The lowest BCUT2D eigenvalue weighted by molar-refractivity contribution is -0.154. The molecule has 0 aliphatic carbocycles. The summed E-state index contributed by atoms with van der Waals surface area (Å²) in [4.78, 5) is 23.7. The van der Waals surface area contributed by atoms with Crippen molar-refractivity contribution in [3.05, 3.63) is 71.3 Å². The van der Waals surface area contributed by atoms with Gasteiger partial charge in [0.15, 0.2) is 6.10 Å². The zero-order valence-electron chi connectivity index (χ0n) is 13.1. The average Bonchev–Trinajstić information content (AvgIpc) is 2.56. The lowest BCUT2D eigenvalue weighted by Gasteiger charge is -2.13. The van der Waals surface area contributed by atoms with Gasteiger partial charge in [0.05, 0.1) is 6.42 Å². The number of carbonyl (C=O) groups excluding carboxylic acids is 2. The molecule has 126 valence electrons. The molecule has 1 N–H and O–H groups in total. The highest BCUT2D eigenvalue weighted by Gasteiger charge is 2.18. The summed E-state index contributed by atoms with van der Waals surface area (Å²) in [7, 11) is 0. The number of hydrogen-bond donors (Lipinski definition) is 1. The zero-order chi connectivity index (χ0) is 17.5. The molecule has 0 aliphatic heterocycles. The molecule has 0 aliphatic rings. The molecule has 4 nitrogen and oxygen atoms in total. The topological polar surface area (TPSA) is 55.4 Å². The molecule has 1 amide bonds. The van der Waals surface area contributed by atoms with Crippen LogP contribution in [0.25, 0.3) is 0 Å². The quantitative estimate of drug-likeness (QED) is 0.827. The predicted molar refractivity (Wildman–Crippen MR) is 83.9 cm³/mol. The van der Waals surface area contributed by atoms with Gasteiger partial charge in [0.1, 0.15) is 11.6 Å². The summed E-state index contributed by atoms with van der Waals surface area (Å²) in [6, 6.07) is 11.5. The van der Waals surface area contributed by atoms with E-state index in [0.29, 0.717) is 0 Å². The number of halogens is 2. The van der Waals surface area contributed by atoms with Crippen molar-refractivity contribution in [1.82, 2.24) is 5.32 Å². The van der Waals surface area contributed by atoms with Crippen molar-refractivity contribution >= 4 is 11.9 Å². The summed E-state index contributed by atoms with van der Waals surface area (Å²) in [5, 5.41) is 2.59. The fraction of sp³-hybridized carbons (Fsp3) is 0.222. The first kappa shape index (κ1) is 17.6. The van der Waals surface area contributed by atoms with E-state index in [0.717, 1.165) is 5.56 Å². The Morgan fingerprint density at radius 1 is 1.08 bits per heavy atom. The van der Waals surface area contributed by atoms with Gasteiger partial charge < -0.3 is 10.1 Å². The standard InChI is InChI=1S/C18H17F2NO3/c1-12(18(23)21-11-13-6-8-15(19)9-7-13)24-17(22)10-14-4-2-3-5-16(14)20/h2-9,12H,10-11H2,1H3,(H,21,23)/t12-/m1/s1. The number of hydrogen-bond acceptors (Lipinski definition) is 3. The third-order valence-electron chi connectivity index (χ3n) is 3.35. The number of rotatable bonds is 6. The van der Waals surface area contributed by atoms with Crippen LogP contribution in [-0.2, 0) is 27.3 Å². The van der Waals surface area contributed by atoms with E-state index in [9.17, 15) is 18.4 Å². The second-order valence-corrected chi connectivity index (χ2v) is 5.24. The molecule has 0 saturated carbocycles. The molecule has 24 heavy (non-hydrogen) atoms. The van der Waals surface area contributed by atoms with Crippen LogP contribution in [0.15, 0.2) is 48.5 Å². The molecule has 2 rings (SSSR count). The third kappa shape index (κ3) is 5.15. The summed E-state index contributed by atoms with van der Waals surface area (Å²) in [5.74, 6) is -2.03. The van der Waals surface area contributed by atoms with Crippen molar-refractivity contribution in [2.24, 2.45) is 0 Å². The minimum absolute atomic E-state index is 0.189. The highest BCUT2D eigenvalue weighted by Crippen LogP contribution is 2.09. The number of ether oxygens (including phenoxy) is 1. The Morgan fingerprint density at radius 2 is 1.75 bits per heavy atom. The van der Waals surface area contributed by atoms with E-state index in [2.05, 4.69) is 5.32 Å². The Labute approximate surface area is 138 Å². The van der Waals surface area contributed by atoms with Crippen LogP contribution in [0.2, 0.25) is 0 Å². The van der Waals surface area contributed by atoms with E-state index in [1.807, 2.05) is 0 Å². The molecule has 0 aromatic heterocycles. The molecule has 1 atom stereocenters. The van der Waals surface area contributed by atoms with Crippen LogP contribution in [0.4, 0.5) is 8.78 Å². The highest BCUT2D eigenvalue weighted by atomic mass is 19.1. The molecule has 6 heteroatoms. The normalized spacial score (nSPS) is 11.6. The minimum Gasteiger partial charge on any atom is -0.452 e. The van der Waals surface area contributed by atoms with Crippen LogP contribution in [0.3, 0.4) is 0 Å². The van der Waals surface area contributed by atoms with Crippen molar-refractivity contribution in [3.8, 4) is 0 Å². The van der Waals surface area contributed by atoms with Crippen LogP contribution < -0.4 is 5.32 Å². The Hall–Kier alpha value is -2.76. The monoisotopic (exact) mass is 333 g/mol. The molecule has 0 radical (unpaired) electrons. The maximum atomic E-state index is 13.5. The van der Waals surface area contributed by atoms with E-state index in [1.165, 1.54) is 37.3 Å². The molecule has 0 unspecified atom stereocenters. The van der Waals surface area contributed by atoms with E-state index >= 15 is 0 Å². The van der Waals surface area contributed by atoms with Crippen LogP contribution >= 0.6 is 0 Å². The first-order valence-electron chi connectivity index (χ1n) is 7.40. The van der Waals surface area contributed by atoms with Crippen molar-refractivity contribution in [3.63, 3.8) is 0 Å². The highest BCUT2D eigenvalue weighted by molar-refractivity contribution is 5.83. The Bertz CT molecular complexity index is 716. The average molecular weight is 333 g/mol. The first-order chi connectivity index (χ1) is 11.5. The number of benzene rings is 2. The van der Waals surface area contributed by atoms with Gasteiger partial charge in [0, 0.05) is 6.54 Å². The lowest BCUT2D eigenvalue weighted by Crippen LogP contribution is -2.35. The van der Waals surface area contributed by atoms with Crippen LogP contribution in [-0.4, -0.2) is 18.0 Å². The number of nitrogens with one attached hydrogen (secondary N) is 1. The van der Waals surface area contributed by atoms with Gasteiger partial charge in [-0.05, 0) is 36.2 Å². The van der Waals surface area contributed by atoms with Gasteiger partial charge in [-0.1, -0.05) is 30.3 Å². The summed E-state index contributed by atoms with van der Waals surface area (Å²) >= 11 is 0. The molecular weight excluding hydrogens is 316 g/mol. The Morgan fingerprint density at radius 3 is 2.42 bits per heavy atom. The molecule has 0 fully saturated rings. The van der Waals surface area contributed by atoms with Gasteiger partial charge in [-0.3, -0.25) is 9.59 Å². The maximum Gasteiger partial charge on any atom is 0.311 e. The van der Waals surface area contributed by atoms with Crippen LogP contribution in [0.5, 0.6) is 0 Å². The summed E-state index contributed by atoms with van der Waals surface area (Å²) in [6.45, 7) is 1.62. The molecule has 0 saturated heterocycles. The lowest BCUT2D eigenvalue weighted by atomic mass is 10.1. The van der Waals surface area contributed by atoms with Gasteiger partial charge >= 0.3 is 5.97 Å². The summed E-state index contributed by atoms with van der Waals surface area (Å²) < 4.78 is 31.3. The van der Waals surface area contributed by atoms with Crippen molar-refractivity contribution in [2.75, 3.05) is 0 Å². The SMILES string of the molecule is C[C@@H](OC(=O)Cc1ccccc1F)C(=O)NCc1ccc(F)cc1. The van der Waals surface area contributed by atoms with E-state index in [1.54, 1.807) is 18.2 Å². The van der Waals surface area contributed by atoms with Gasteiger partial charge in [0.25, 0.3) is 5.91 Å². The fourth-order valence-corrected chi connectivity index (χ4v) is 2.02. The zero-order valence-corrected chi connectivity index (χ0v) is 13.1. The second-order valence-electron chi connectivity index (χ2n) is 5.24. The third-order valence-corrected chi connectivity index (χ3v) is 3.35. The fourth-order valence-electron chi connectivity index (χ4n) is 2.02. The van der Waals surface area contributed by atoms with Crippen LogP contribution in [0.1, 0.15) is 18.1 Å². The number of amides is 1. The number of esters is 1. The maximum absolute atomic E-state index is 13.5. The molecule has 2 aromatic rings. The predicted octanol–water partition coefficient (Wildman–Crippen LogP) is 2.76. The van der Waals surface area contributed by atoms with Gasteiger partial charge in [-0.25, -0.2) is 8.78 Å². The van der Waals surface area contributed by atoms with Gasteiger partial charge in [-0.15, -0.1) is 0 Å². The molecule has 0 spiro atoms. The minimum atomic E-state index is -1.01. The first-order valence-corrected chi connectivity index (χ1v) is 7.40. The second kappa shape index (κ2) is 8.19. The van der Waals surface area contributed by atoms with E-state index in [-0.39, 0.29) is 24.3 Å².